The molecule has 0 aromatic heterocycles. The summed E-state index contributed by atoms with van der Waals surface area (Å²) in [5, 5.41) is 0. The van der Waals surface area contributed by atoms with Crippen LogP contribution >= 0.6 is 0 Å². The molecule has 0 saturated carbocycles. The van der Waals surface area contributed by atoms with Crippen LogP contribution in [-0.4, -0.2) is 7.11 Å². The normalized spacial score (nSPS) is 11.7. The van der Waals surface area contributed by atoms with E-state index in [-0.39, 0.29) is 5.56 Å². The van der Waals surface area contributed by atoms with E-state index in [1.54, 1.807) is 0 Å². The first-order chi connectivity index (χ1) is 11.9. The van der Waals surface area contributed by atoms with Crippen LogP contribution in [0.25, 0.3) is 12.2 Å². The summed E-state index contributed by atoms with van der Waals surface area (Å²) in [6.45, 7) is 3.66. The maximum absolute atomic E-state index is 14.0. The quantitative estimate of drug-likeness (QED) is 0.345. The molecule has 0 aliphatic rings. The van der Waals surface area contributed by atoms with Crippen LogP contribution in [0.4, 0.5) is 17.6 Å². The Morgan fingerprint density at radius 1 is 1.04 bits per heavy atom. The first-order valence-corrected chi connectivity index (χ1v) is 7.68. The van der Waals surface area contributed by atoms with Crippen molar-refractivity contribution in [3.8, 4) is 5.75 Å². The smallest absolute Gasteiger partial charge is 0.419 e. The van der Waals surface area contributed by atoms with Gasteiger partial charge in [0.05, 0.1) is 7.11 Å². The minimum absolute atomic E-state index is 0.249. The molecule has 0 amide bonds. The lowest BCUT2D eigenvalue weighted by atomic mass is 10.0. The largest absolute Gasteiger partial charge is 0.494 e. The summed E-state index contributed by atoms with van der Waals surface area (Å²) in [4.78, 5) is 0. The molecule has 0 fully saturated rings. The molecule has 0 heterocycles. The van der Waals surface area contributed by atoms with Crippen molar-refractivity contribution in [3.05, 3.63) is 77.1 Å². The summed E-state index contributed by atoms with van der Waals surface area (Å²) >= 11 is 0. The van der Waals surface area contributed by atoms with Crippen molar-refractivity contribution in [2.24, 2.45) is 0 Å². The molecule has 0 unspecified atom stereocenters. The number of ether oxygens (including phenoxy) is 1. The van der Waals surface area contributed by atoms with E-state index in [1.807, 2.05) is 30.3 Å². The summed E-state index contributed by atoms with van der Waals surface area (Å²) in [7, 11) is 1.13. The van der Waals surface area contributed by atoms with Crippen LogP contribution in [0, 0.1) is 5.82 Å². The Morgan fingerprint density at radius 3 is 2.28 bits per heavy atom. The molecule has 0 saturated heterocycles. The van der Waals surface area contributed by atoms with Crippen LogP contribution in [0.15, 0.2) is 49.1 Å². The Hall–Kier alpha value is -2.56. The number of allylic oxidation sites excluding steroid dienone is 1. The molecule has 0 bridgehead atoms. The average Bonchev–Trinajstić information content (AvgIpc) is 2.58. The predicted octanol–water partition coefficient (Wildman–Crippen LogP) is 6.14. The molecule has 0 N–H and O–H groups in total. The fourth-order valence-electron chi connectivity index (χ4n) is 2.41. The fourth-order valence-corrected chi connectivity index (χ4v) is 2.41. The molecule has 0 spiro atoms. The van der Waals surface area contributed by atoms with Crippen molar-refractivity contribution >= 4 is 12.2 Å². The van der Waals surface area contributed by atoms with E-state index in [0.717, 1.165) is 31.1 Å². The zero-order valence-corrected chi connectivity index (χ0v) is 13.7. The first-order valence-electron chi connectivity index (χ1n) is 7.68. The lowest BCUT2D eigenvalue weighted by molar-refractivity contribution is -0.140. The molecule has 2 aromatic carbocycles. The lowest BCUT2D eigenvalue weighted by Gasteiger charge is -2.13. The van der Waals surface area contributed by atoms with Gasteiger partial charge in [0.2, 0.25) is 0 Å². The molecule has 0 radical (unpaired) electrons. The van der Waals surface area contributed by atoms with Gasteiger partial charge in [-0.15, -0.1) is 6.58 Å². The highest BCUT2D eigenvalue weighted by Gasteiger charge is 2.37. The SMILES string of the molecule is C=CCCc1ccc(/C=C/c2ccc(OC)c(F)c2C(F)(F)F)cc1. The minimum Gasteiger partial charge on any atom is -0.494 e. The zero-order valence-electron chi connectivity index (χ0n) is 13.7. The number of aryl methyl sites for hydroxylation is 1. The molecule has 0 atom stereocenters. The molecule has 0 aliphatic heterocycles. The topological polar surface area (TPSA) is 9.23 Å². The lowest BCUT2D eigenvalue weighted by Crippen LogP contribution is -2.11. The van der Waals surface area contributed by atoms with Gasteiger partial charge in [0, 0.05) is 0 Å². The Balaban J connectivity index is 2.31. The predicted molar refractivity (Wildman–Crippen MR) is 91.8 cm³/mol. The number of methoxy groups -OCH3 is 1. The Kier molecular flexibility index (Phi) is 6.02. The molecule has 5 heteroatoms. The Morgan fingerprint density at radius 2 is 1.72 bits per heavy atom. The van der Waals surface area contributed by atoms with Gasteiger partial charge in [-0.05, 0) is 35.6 Å². The van der Waals surface area contributed by atoms with Gasteiger partial charge in [-0.2, -0.15) is 13.2 Å². The number of hydrogen-bond donors (Lipinski definition) is 0. The Bertz CT molecular complexity index is 759. The van der Waals surface area contributed by atoms with E-state index in [1.165, 1.54) is 24.3 Å². The van der Waals surface area contributed by atoms with Crippen molar-refractivity contribution in [1.29, 1.82) is 0 Å². The van der Waals surface area contributed by atoms with Crippen molar-refractivity contribution in [1.82, 2.24) is 0 Å². The highest BCUT2D eigenvalue weighted by atomic mass is 19.4. The van der Waals surface area contributed by atoms with Gasteiger partial charge < -0.3 is 4.74 Å². The average molecular weight is 350 g/mol. The molecule has 25 heavy (non-hydrogen) atoms. The highest BCUT2D eigenvalue weighted by Crippen LogP contribution is 2.38. The third-order valence-electron chi connectivity index (χ3n) is 3.71. The third-order valence-corrected chi connectivity index (χ3v) is 3.71. The summed E-state index contributed by atoms with van der Waals surface area (Å²) in [6, 6.07) is 9.80. The molecule has 1 nitrogen and oxygen atoms in total. The standard InChI is InChI=1S/C20H18F4O/c1-3-4-5-14-6-8-15(9-7-14)10-11-16-12-13-17(25-2)19(21)18(16)20(22,23)24/h3,6-13H,1,4-5H2,2H3/b11-10+. The fraction of sp³-hybridized carbons (Fsp3) is 0.200. The van der Waals surface area contributed by atoms with Gasteiger partial charge in [0.15, 0.2) is 11.6 Å². The van der Waals surface area contributed by atoms with E-state index in [2.05, 4.69) is 11.3 Å². The number of hydrogen-bond acceptors (Lipinski definition) is 1. The molecule has 132 valence electrons. The summed E-state index contributed by atoms with van der Waals surface area (Å²) in [6.07, 6.45) is 1.50. The third kappa shape index (κ3) is 4.72. The van der Waals surface area contributed by atoms with Gasteiger partial charge in [0.25, 0.3) is 0 Å². The number of benzene rings is 2. The molecule has 2 rings (SSSR count). The number of halogens is 4. The van der Waals surface area contributed by atoms with Crippen molar-refractivity contribution in [3.63, 3.8) is 0 Å². The molecular weight excluding hydrogens is 332 g/mol. The highest BCUT2D eigenvalue weighted by molar-refractivity contribution is 5.72. The van der Waals surface area contributed by atoms with Crippen molar-refractivity contribution in [2.45, 2.75) is 19.0 Å². The summed E-state index contributed by atoms with van der Waals surface area (Å²) < 4.78 is 58.2. The van der Waals surface area contributed by atoms with E-state index in [9.17, 15) is 17.6 Å². The van der Waals surface area contributed by atoms with Gasteiger partial charge >= 0.3 is 6.18 Å². The number of alkyl halides is 3. The van der Waals surface area contributed by atoms with Gasteiger partial charge in [-0.25, -0.2) is 4.39 Å². The van der Waals surface area contributed by atoms with Crippen molar-refractivity contribution in [2.75, 3.05) is 7.11 Å². The minimum atomic E-state index is -4.81. The van der Waals surface area contributed by atoms with Gasteiger partial charge in [0.1, 0.15) is 5.56 Å². The van der Waals surface area contributed by atoms with Crippen molar-refractivity contribution < 1.29 is 22.3 Å². The monoisotopic (exact) mass is 350 g/mol. The van der Waals surface area contributed by atoms with Crippen LogP contribution in [0.2, 0.25) is 0 Å². The maximum Gasteiger partial charge on any atom is 0.419 e. The zero-order chi connectivity index (χ0) is 18.4. The van der Waals surface area contributed by atoms with Crippen LogP contribution in [0.1, 0.15) is 28.7 Å². The van der Waals surface area contributed by atoms with E-state index < -0.39 is 23.3 Å². The molecular formula is C20H18F4O. The second kappa shape index (κ2) is 8.01. The van der Waals surface area contributed by atoms with E-state index >= 15 is 0 Å². The van der Waals surface area contributed by atoms with Crippen LogP contribution in [0.3, 0.4) is 0 Å². The molecule has 0 aliphatic carbocycles. The van der Waals surface area contributed by atoms with E-state index in [0.29, 0.717) is 0 Å². The van der Waals surface area contributed by atoms with E-state index in [4.69, 9.17) is 0 Å². The number of rotatable bonds is 6. The van der Waals surface area contributed by atoms with Crippen LogP contribution < -0.4 is 4.74 Å². The second-order valence-corrected chi connectivity index (χ2v) is 5.45. The second-order valence-electron chi connectivity index (χ2n) is 5.45. The van der Waals surface area contributed by atoms with Crippen LogP contribution in [-0.2, 0) is 12.6 Å². The first kappa shape index (κ1) is 18.8. The molecule has 2 aromatic rings. The Labute approximate surface area is 144 Å². The maximum atomic E-state index is 14.0. The van der Waals surface area contributed by atoms with Gasteiger partial charge in [-0.1, -0.05) is 48.6 Å². The van der Waals surface area contributed by atoms with Crippen LogP contribution in [0.5, 0.6) is 5.75 Å². The summed E-state index contributed by atoms with van der Waals surface area (Å²) in [5.41, 5.74) is 0.266. The summed E-state index contributed by atoms with van der Waals surface area (Å²) in [5.74, 6) is -1.84. The van der Waals surface area contributed by atoms with Gasteiger partial charge in [-0.3, -0.25) is 0 Å².